The molecule has 0 saturated heterocycles. The maximum absolute atomic E-state index is 13.4. The second-order valence-electron chi connectivity index (χ2n) is 8.88. The molecule has 8 heteroatoms. The number of benzene rings is 1. The number of hydrogen-bond acceptors (Lipinski definition) is 6. The summed E-state index contributed by atoms with van der Waals surface area (Å²) in [5, 5.41) is 12.6. The van der Waals surface area contributed by atoms with Gasteiger partial charge in [-0.2, -0.15) is 0 Å². The number of carbonyl (C=O) groups is 1. The molecule has 2 aromatic heterocycles. The van der Waals surface area contributed by atoms with Gasteiger partial charge in [-0.05, 0) is 31.0 Å². The molecule has 0 bridgehead atoms. The van der Waals surface area contributed by atoms with Gasteiger partial charge in [-0.1, -0.05) is 93.0 Å². The van der Waals surface area contributed by atoms with Gasteiger partial charge in [0.05, 0.1) is 11.4 Å². The predicted molar refractivity (Wildman–Crippen MR) is 135 cm³/mol. The number of para-hydroxylation sites is 1. The summed E-state index contributed by atoms with van der Waals surface area (Å²) in [7, 11) is 0. The number of aromatic nitrogens is 5. The summed E-state index contributed by atoms with van der Waals surface area (Å²) in [6.45, 7) is 0. The minimum atomic E-state index is -0.135. The van der Waals surface area contributed by atoms with Crippen LogP contribution in [0.2, 0.25) is 0 Å². The van der Waals surface area contributed by atoms with Gasteiger partial charge >= 0.3 is 0 Å². The van der Waals surface area contributed by atoms with E-state index in [4.69, 9.17) is 0 Å². The van der Waals surface area contributed by atoms with E-state index in [1.807, 2.05) is 30.3 Å². The number of rotatable bonds is 6. The summed E-state index contributed by atoms with van der Waals surface area (Å²) < 4.78 is 1.76. The summed E-state index contributed by atoms with van der Waals surface area (Å²) in [5.41, 5.74) is 2.03. The highest BCUT2D eigenvalue weighted by atomic mass is 32.2. The summed E-state index contributed by atoms with van der Waals surface area (Å²) in [4.78, 5) is 22.0. The summed E-state index contributed by atoms with van der Waals surface area (Å²) in [6.07, 6.45) is 17.0. The number of amides is 1. The van der Waals surface area contributed by atoms with Crippen LogP contribution in [0.3, 0.4) is 0 Å². The average Bonchev–Trinajstić information content (AvgIpc) is 3.30. The molecule has 1 aromatic carbocycles. The van der Waals surface area contributed by atoms with E-state index in [9.17, 15) is 4.79 Å². The molecule has 0 radical (unpaired) electrons. The van der Waals surface area contributed by atoms with Crippen molar-refractivity contribution >= 4 is 17.7 Å². The molecule has 180 valence electrons. The van der Waals surface area contributed by atoms with Crippen LogP contribution in [0, 0.1) is 0 Å². The van der Waals surface area contributed by atoms with Gasteiger partial charge in [0, 0.05) is 24.2 Å². The Kier molecular flexibility index (Phi) is 9.49. The lowest BCUT2D eigenvalue weighted by Crippen LogP contribution is -2.35. The third kappa shape index (κ3) is 7.13. The smallest absolute Gasteiger partial charge is 0.274 e. The van der Waals surface area contributed by atoms with Crippen molar-refractivity contribution in [2.24, 2.45) is 0 Å². The van der Waals surface area contributed by atoms with Gasteiger partial charge in [0.15, 0.2) is 10.9 Å². The average molecular weight is 479 g/mol. The first-order valence-corrected chi connectivity index (χ1v) is 13.5. The van der Waals surface area contributed by atoms with E-state index >= 15 is 0 Å². The van der Waals surface area contributed by atoms with Gasteiger partial charge in [0.2, 0.25) is 0 Å². The molecule has 34 heavy (non-hydrogen) atoms. The molecule has 7 nitrogen and oxygen atoms in total. The quantitative estimate of drug-likeness (QED) is 0.358. The highest BCUT2D eigenvalue weighted by Crippen LogP contribution is 2.23. The van der Waals surface area contributed by atoms with Crippen LogP contribution in [0.15, 0.2) is 53.9 Å². The Hall–Kier alpha value is -2.74. The first-order valence-electron chi connectivity index (χ1n) is 12.5. The Morgan fingerprint density at radius 3 is 2.15 bits per heavy atom. The van der Waals surface area contributed by atoms with Crippen LogP contribution in [0.4, 0.5) is 0 Å². The lowest BCUT2D eigenvalue weighted by Gasteiger charge is -2.19. The second kappa shape index (κ2) is 13.2. The zero-order valence-electron chi connectivity index (χ0n) is 19.7. The largest absolute Gasteiger partial charge is 0.348 e. The van der Waals surface area contributed by atoms with Crippen LogP contribution < -0.4 is 5.32 Å². The van der Waals surface area contributed by atoms with Crippen molar-refractivity contribution in [3.63, 3.8) is 0 Å². The molecule has 2 heterocycles. The van der Waals surface area contributed by atoms with Crippen molar-refractivity contribution in [2.45, 2.75) is 87.6 Å². The lowest BCUT2D eigenvalue weighted by molar-refractivity contribution is 0.0925. The topological polar surface area (TPSA) is 85.6 Å². The first-order chi connectivity index (χ1) is 16.8. The highest BCUT2D eigenvalue weighted by molar-refractivity contribution is 7.98. The second-order valence-corrected chi connectivity index (χ2v) is 9.82. The lowest BCUT2D eigenvalue weighted by atomic mass is 9.98. The zero-order valence-corrected chi connectivity index (χ0v) is 20.6. The molecule has 0 spiro atoms. The zero-order chi connectivity index (χ0) is 23.4. The minimum absolute atomic E-state index is 0.135. The van der Waals surface area contributed by atoms with E-state index in [2.05, 4.69) is 25.6 Å². The summed E-state index contributed by atoms with van der Waals surface area (Å²) in [6, 6.07) is 11.8. The molecule has 3 aromatic rings. The molecule has 1 N–H and O–H groups in total. The van der Waals surface area contributed by atoms with Gasteiger partial charge in [-0.25, -0.2) is 14.6 Å². The molecule has 1 aliphatic carbocycles. The number of nitrogens with zero attached hydrogens (tertiary/aromatic N) is 5. The van der Waals surface area contributed by atoms with E-state index < -0.39 is 0 Å². The van der Waals surface area contributed by atoms with Gasteiger partial charge in [0.25, 0.3) is 5.91 Å². The summed E-state index contributed by atoms with van der Waals surface area (Å²) >= 11 is 1.48. The van der Waals surface area contributed by atoms with Crippen molar-refractivity contribution < 1.29 is 4.79 Å². The monoisotopic (exact) mass is 478 g/mol. The standard InChI is InChI=1S/C26H34N6OS/c33-25(29-21-14-9-6-4-2-1-3-5-7-10-15-21)24-23(20-34-26-27-18-13-19-28-26)32(31-30-24)22-16-11-8-12-17-22/h8,11-13,16-19,21H,1-7,9-10,14-15,20H2,(H,29,33). The molecule has 0 atom stereocenters. The molecular weight excluding hydrogens is 444 g/mol. The third-order valence-electron chi connectivity index (χ3n) is 6.30. The molecule has 1 amide bonds. The van der Waals surface area contributed by atoms with Gasteiger partial charge in [-0.15, -0.1) is 5.10 Å². The van der Waals surface area contributed by atoms with E-state index in [1.165, 1.54) is 56.7 Å². The summed E-state index contributed by atoms with van der Waals surface area (Å²) in [5.74, 6) is 0.364. The normalized spacial score (nSPS) is 16.4. The maximum atomic E-state index is 13.4. The van der Waals surface area contributed by atoms with Gasteiger partial charge < -0.3 is 5.32 Å². The fourth-order valence-electron chi connectivity index (χ4n) is 4.44. The Bertz CT molecular complexity index is 999. The van der Waals surface area contributed by atoms with Crippen molar-refractivity contribution in [3.05, 3.63) is 60.2 Å². The van der Waals surface area contributed by atoms with E-state index in [1.54, 1.807) is 23.1 Å². The van der Waals surface area contributed by atoms with Gasteiger partial charge in [-0.3, -0.25) is 4.79 Å². The van der Waals surface area contributed by atoms with Crippen molar-refractivity contribution in [2.75, 3.05) is 0 Å². The maximum Gasteiger partial charge on any atom is 0.274 e. The van der Waals surface area contributed by atoms with Crippen LogP contribution in [0.25, 0.3) is 5.69 Å². The molecule has 4 rings (SSSR count). The Balaban J connectivity index is 1.50. The molecule has 1 fully saturated rings. The molecular formula is C26H34N6OS. The third-order valence-corrected chi connectivity index (χ3v) is 7.19. The molecule has 1 aliphatic rings. The minimum Gasteiger partial charge on any atom is -0.348 e. The molecule has 0 aliphatic heterocycles. The number of hydrogen-bond donors (Lipinski definition) is 1. The van der Waals surface area contributed by atoms with E-state index in [0.717, 1.165) is 37.1 Å². The highest BCUT2D eigenvalue weighted by Gasteiger charge is 2.23. The van der Waals surface area contributed by atoms with Crippen molar-refractivity contribution in [3.8, 4) is 5.69 Å². The number of carbonyl (C=O) groups excluding carboxylic acids is 1. The van der Waals surface area contributed by atoms with Crippen LogP contribution >= 0.6 is 11.8 Å². The molecule has 0 unspecified atom stereocenters. The number of thioether (sulfide) groups is 1. The fraction of sp³-hybridized carbons (Fsp3) is 0.500. The Labute approximate surface area is 206 Å². The van der Waals surface area contributed by atoms with E-state index in [-0.39, 0.29) is 11.9 Å². The van der Waals surface area contributed by atoms with Crippen molar-refractivity contribution in [1.29, 1.82) is 0 Å². The Morgan fingerprint density at radius 1 is 0.882 bits per heavy atom. The molecule has 1 saturated carbocycles. The fourth-order valence-corrected chi connectivity index (χ4v) is 5.23. The van der Waals surface area contributed by atoms with Crippen LogP contribution in [0.5, 0.6) is 0 Å². The number of nitrogens with one attached hydrogen (secondary N) is 1. The van der Waals surface area contributed by atoms with Gasteiger partial charge in [0.1, 0.15) is 0 Å². The predicted octanol–water partition coefficient (Wildman–Crippen LogP) is 5.75. The van der Waals surface area contributed by atoms with E-state index in [0.29, 0.717) is 16.6 Å². The SMILES string of the molecule is O=C(NC1CCCCCCCCCCC1)c1nnn(-c2ccccc2)c1CSc1ncccn1. The van der Waals surface area contributed by atoms with Crippen LogP contribution in [-0.2, 0) is 5.75 Å². The van der Waals surface area contributed by atoms with Crippen LogP contribution in [0.1, 0.15) is 86.8 Å². The first kappa shape index (κ1) is 24.4. The Morgan fingerprint density at radius 2 is 1.50 bits per heavy atom. The van der Waals surface area contributed by atoms with Crippen molar-refractivity contribution in [1.82, 2.24) is 30.3 Å². The van der Waals surface area contributed by atoms with Crippen LogP contribution in [-0.4, -0.2) is 36.9 Å².